The molecule has 7 rings (SSSR count). The van der Waals surface area contributed by atoms with E-state index in [1.54, 1.807) is 0 Å². The van der Waals surface area contributed by atoms with E-state index in [2.05, 4.69) is 0 Å². The van der Waals surface area contributed by atoms with Crippen molar-refractivity contribution in [1.82, 2.24) is 0 Å². The molecule has 3 saturated heterocycles. The molecule has 25 heteroatoms. The number of carbonyl (C=O) groups excluding carboxylic acids is 2. The Morgan fingerprint density at radius 1 is 0.574 bits per heavy atom. The summed E-state index contributed by atoms with van der Waals surface area (Å²) < 4.78 is 50.3. The SMILES string of the molecule is O=C(O)CC(=O)OC[C@H]1O[C@@H](OC2=Cc3c(O)cc(O[C@@H]4O[C@H](COC(=O)c5ccc(O[C@@H]6O[C@H](CO)[C@@H](O)[C@H](O)[C@@H]6O)cc5)[C@@H](O)[C@H](O)[C@@H]4O)cc3OC2c2ccc(O)cc2)[C@H](O)[C@@H](O)[C@@H]1O. The molecule has 370 valence electrons. The zero-order valence-corrected chi connectivity index (χ0v) is 35.1. The topological polar surface area (TPSA) is 397 Å². The normalized spacial score (nSPS) is 33.5. The van der Waals surface area contributed by atoms with Crippen LogP contribution in [0.25, 0.3) is 6.08 Å². The molecule has 3 aromatic rings. The lowest BCUT2D eigenvalue weighted by atomic mass is 9.98. The molecule has 0 spiro atoms. The van der Waals surface area contributed by atoms with Gasteiger partial charge < -0.3 is 109 Å². The van der Waals surface area contributed by atoms with Crippen molar-refractivity contribution < 1.29 is 123 Å². The average molecular weight is 965 g/mol. The van der Waals surface area contributed by atoms with Crippen LogP contribution >= 0.6 is 0 Å². The third kappa shape index (κ3) is 11.0. The molecule has 4 aliphatic heterocycles. The Kier molecular flexibility index (Phi) is 15.6. The summed E-state index contributed by atoms with van der Waals surface area (Å²) in [6, 6.07) is 12.9. The number of phenolic OH excluding ortho intramolecular Hbond substituents is 2. The van der Waals surface area contributed by atoms with Gasteiger partial charge in [-0.2, -0.15) is 0 Å². The number of rotatable bonds is 15. The number of aliphatic hydroxyl groups is 10. The summed E-state index contributed by atoms with van der Waals surface area (Å²) in [6.45, 7) is -2.10. The Bertz CT molecular complexity index is 2270. The summed E-state index contributed by atoms with van der Waals surface area (Å²) in [4.78, 5) is 35.7. The van der Waals surface area contributed by atoms with Crippen LogP contribution in [0, 0.1) is 0 Å². The molecule has 0 aromatic heterocycles. The van der Waals surface area contributed by atoms with Gasteiger partial charge in [0.1, 0.15) is 127 Å². The minimum Gasteiger partial charge on any atom is -0.508 e. The summed E-state index contributed by atoms with van der Waals surface area (Å²) in [5, 5.41) is 134. The number of carboxylic acid groups (broad SMARTS) is 1. The molecule has 16 atom stereocenters. The van der Waals surface area contributed by atoms with Crippen LogP contribution in [0.15, 0.2) is 66.4 Å². The first-order chi connectivity index (χ1) is 32.3. The first-order valence-electron chi connectivity index (χ1n) is 20.7. The second-order valence-electron chi connectivity index (χ2n) is 15.9. The van der Waals surface area contributed by atoms with E-state index in [4.69, 9.17) is 47.7 Å². The van der Waals surface area contributed by atoms with Gasteiger partial charge in [-0.25, -0.2) is 4.79 Å². The molecule has 3 aromatic carbocycles. The summed E-state index contributed by atoms with van der Waals surface area (Å²) >= 11 is 0. The number of hydrogen-bond donors (Lipinski definition) is 13. The predicted octanol–water partition coefficient (Wildman–Crippen LogP) is -3.36. The average Bonchev–Trinajstić information content (AvgIpc) is 3.31. The first kappa shape index (κ1) is 50.0. The zero-order valence-electron chi connectivity index (χ0n) is 35.1. The van der Waals surface area contributed by atoms with Crippen LogP contribution in [-0.2, 0) is 38.0 Å². The lowest BCUT2D eigenvalue weighted by molar-refractivity contribution is -0.294. The Hall–Kier alpha value is -5.91. The Morgan fingerprint density at radius 2 is 1.09 bits per heavy atom. The van der Waals surface area contributed by atoms with E-state index in [1.165, 1.54) is 60.7 Å². The maximum Gasteiger partial charge on any atom is 0.338 e. The maximum atomic E-state index is 13.0. The highest BCUT2D eigenvalue weighted by molar-refractivity contribution is 5.90. The van der Waals surface area contributed by atoms with E-state index < -0.39 is 148 Å². The van der Waals surface area contributed by atoms with E-state index in [1.807, 2.05) is 0 Å². The lowest BCUT2D eigenvalue weighted by Gasteiger charge is -2.41. The molecule has 4 heterocycles. The number of benzene rings is 3. The second kappa shape index (κ2) is 21.2. The van der Waals surface area contributed by atoms with Crippen LogP contribution in [0.5, 0.6) is 28.7 Å². The van der Waals surface area contributed by atoms with Crippen molar-refractivity contribution in [3.8, 4) is 28.7 Å². The van der Waals surface area contributed by atoms with E-state index in [0.717, 1.165) is 6.07 Å². The van der Waals surface area contributed by atoms with Crippen molar-refractivity contribution in [2.45, 2.75) is 105 Å². The van der Waals surface area contributed by atoms with Gasteiger partial charge in [0.2, 0.25) is 18.9 Å². The first-order valence-corrected chi connectivity index (χ1v) is 20.7. The van der Waals surface area contributed by atoms with Crippen molar-refractivity contribution in [3.05, 3.63) is 83.1 Å². The fraction of sp³-hybridized carbons (Fsp3) is 0.465. The molecule has 0 radical (unpaired) electrons. The lowest BCUT2D eigenvalue weighted by Crippen LogP contribution is -2.60. The van der Waals surface area contributed by atoms with Gasteiger partial charge in [0.25, 0.3) is 0 Å². The third-order valence-corrected chi connectivity index (χ3v) is 11.2. The van der Waals surface area contributed by atoms with E-state index in [9.17, 15) is 75.7 Å². The Labute approximate surface area is 383 Å². The molecule has 13 N–H and O–H groups in total. The Morgan fingerprint density at radius 3 is 1.65 bits per heavy atom. The summed E-state index contributed by atoms with van der Waals surface area (Å²) in [5.41, 5.74) is 0.225. The van der Waals surface area contributed by atoms with Gasteiger partial charge in [0, 0.05) is 17.7 Å². The largest absolute Gasteiger partial charge is 0.508 e. The highest BCUT2D eigenvalue weighted by Gasteiger charge is 2.48. The van der Waals surface area contributed by atoms with Crippen molar-refractivity contribution in [1.29, 1.82) is 0 Å². The molecule has 25 nitrogen and oxygen atoms in total. The number of aromatic hydroxyl groups is 2. The van der Waals surface area contributed by atoms with Gasteiger partial charge in [-0.05, 0) is 42.5 Å². The number of phenols is 2. The zero-order chi connectivity index (χ0) is 49.1. The highest BCUT2D eigenvalue weighted by atomic mass is 16.7. The van der Waals surface area contributed by atoms with Crippen molar-refractivity contribution in [2.75, 3.05) is 19.8 Å². The van der Waals surface area contributed by atoms with Crippen molar-refractivity contribution >= 4 is 24.0 Å². The van der Waals surface area contributed by atoms with Gasteiger partial charge in [-0.3, -0.25) is 9.59 Å². The van der Waals surface area contributed by atoms with Gasteiger partial charge in [0.05, 0.1) is 17.7 Å². The number of ether oxygens (including phenoxy) is 9. The van der Waals surface area contributed by atoms with Crippen molar-refractivity contribution in [3.63, 3.8) is 0 Å². The molecule has 1 unspecified atom stereocenters. The summed E-state index contributed by atoms with van der Waals surface area (Å²) in [7, 11) is 0. The third-order valence-electron chi connectivity index (χ3n) is 11.2. The molecular formula is C43H48O25. The monoisotopic (exact) mass is 964 g/mol. The van der Waals surface area contributed by atoms with Gasteiger partial charge in [-0.15, -0.1) is 0 Å². The van der Waals surface area contributed by atoms with Crippen LogP contribution in [0.1, 0.15) is 34.0 Å². The minimum atomic E-state index is -1.92. The fourth-order valence-electron chi connectivity index (χ4n) is 7.41. The van der Waals surface area contributed by atoms with E-state index in [-0.39, 0.29) is 39.9 Å². The van der Waals surface area contributed by atoms with Gasteiger partial charge >= 0.3 is 17.9 Å². The smallest absolute Gasteiger partial charge is 0.338 e. The van der Waals surface area contributed by atoms with Crippen molar-refractivity contribution in [2.24, 2.45) is 0 Å². The fourth-order valence-corrected chi connectivity index (χ4v) is 7.41. The van der Waals surface area contributed by atoms with Crippen LogP contribution in [0.2, 0.25) is 0 Å². The number of carboxylic acids is 1. The highest BCUT2D eigenvalue weighted by Crippen LogP contribution is 2.45. The van der Waals surface area contributed by atoms with Gasteiger partial charge in [0.15, 0.2) is 6.10 Å². The molecular weight excluding hydrogens is 916 g/mol. The predicted molar refractivity (Wildman–Crippen MR) is 217 cm³/mol. The molecule has 0 saturated carbocycles. The van der Waals surface area contributed by atoms with E-state index in [0.29, 0.717) is 5.56 Å². The maximum absolute atomic E-state index is 13.0. The number of carbonyl (C=O) groups is 3. The minimum absolute atomic E-state index is 0.0390. The quantitative estimate of drug-likeness (QED) is 0.0522. The number of hydrogen-bond acceptors (Lipinski definition) is 24. The molecule has 3 fully saturated rings. The van der Waals surface area contributed by atoms with Crippen LogP contribution in [-0.4, -0.2) is 196 Å². The number of aliphatic carboxylic acids is 1. The molecule has 0 bridgehead atoms. The van der Waals surface area contributed by atoms with Gasteiger partial charge in [-0.1, -0.05) is 12.1 Å². The molecule has 0 amide bonds. The standard InChI is InChI=1S/C43H48O25/c44-13-25-30(50)33(53)36(56)41(66-25)62-19-7-3-17(4-8-19)40(59)61-15-27-32(52)34(54)37(57)42(67-27)63-20-9-22(46)21-11-24(39(64-23(21)10-20)16-1-5-18(45)6-2-16)65-43-38(58)35(55)31(51)26(68-43)14-60-29(49)12-28(47)48/h1-11,25-27,30-39,41-46,50-58H,12-15H2,(H,47,48)/t25-,26-,27-,30-,31-,32-,33+,34+,35+,36+,37+,38-,39?,41-,42-,43-/m1/s1. The molecule has 0 aliphatic carbocycles. The van der Waals surface area contributed by atoms with E-state index >= 15 is 0 Å². The Balaban J connectivity index is 1.03. The molecule has 4 aliphatic rings. The van der Waals surface area contributed by atoms with Crippen LogP contribution in [0.4, 0.5) is 0 Å². The van der Waals surface area contributed by atoms with Crippen LogP contribution < -0.4 is 14.2 Å². The van der Waals surface area contributed by atoms with Crippen LogP contribution in [0.3, 0.4) is 0 Å². The summed E-state index contributed by atoms with van der Waals surface area (Å²) in [6.07, 6.45) is -26.5. The number of fused-ring (bicyclic) bond motifs is 1. The molecule has 68 heavy (non-hydrogen) atoms. The second-order valence-corrected chi connectivity index (χ2v) is 15.9. The summed E-state index contributed by atoms with van der Waals surface area (Å²) in [5.74, 6) is -4.68. The number of aliphatic hydroxyl groups excluding tert-OH is 10. The number of esters is 2.